The number of nitrogens with zero attached hydrogens (tertiary/aromatic N) is 2. The lowest BCUT2D eigenvalue weighted by Gasteiger charge is -2.37. The second kappa shape index (κ2) is 8.51. The van der Waals surface area contributed by atoms with E-state index in [-0.39, 0.29) is 31.3 Å². The van der Waals surface area contributed by atoms with Gasteiger partial charge in [0.05, 0.1) is 0 Å². The predicted octanol–water partition coefficient (Wildman–Crippen LogP) is 3.10. The van der Waals surface area contributed by atoms with Crippen LogP contribution in [0.3, 0.4) is 0 Å². The third-order valence-corrected chi connectivity index (χ3v) is 4.72. The molecule has 1 aliphatic heterocycles. The lowest BCUT2D eigenvalue weighted by atomic mass is 9.88. The summed E-state index contributed by atoms with van der Waals surface area (Å²) in [7, 11) is 3.32. The fourth-order valence-electron chi connectivity index (χ4n) is 3.30. The summed E-state index contributed by atoms with van der Waals surface area (Å²) in [4.78, 5) is 16.0. The topological polar surface area (TPSA) is 42.0 Å². The van der Waals surface area contributed by atoms with E-state index in [0.29, 0.717) is 0 Å². The molecule has 0 spiro atoms. The molecule has 24 heavy (non-hydrogen) atoms. The molecule has 1 saturated heterocycles. The van der Waals surface area contributed by atoms with Crippen LogP contribution in [0.1, 0.15) is 24.0 Å². The Kier molecular flexibility index (Phi) is 6.66. The Morgan fingerprint density at radius 1 is 1.29 bits per heavy atom. The van der Waals surface area contributed by atoms with Crippen molar-refractivity contribution in [1.29, 1.82) is 0 Å². The highest BCUT2D eigenvalue weighted by atomic mass is 35.5. The summed E-state index contributed by atoms with van der Waals surface area (Å²) in [5.41, 5.74) is 4.15. The first-order valence-electron chi connectivity index (χ1n) is 8.10. The second-order valence-corrected chi connectivity index (χ2v) is 6.19. The minimum absolute atomic E-state index is 0. The standard InChI is InChI=1S/C18H24N2O3.ClH/c1-19(18(21)23-13-22-2)16-7-9-20(10-8-16)12-15-11-14-5-3-4-6-17(14)15;/h3-6,11,16H,7-10,12-13H2,1-2H3;1H. The zero-order valence-electron chi connectivity index (χ0n) is 14.2. The zero-order chi connectivity index (χ0) is 16.2. The number of likely N-dealkylation sites (tertiary alicyclic amines) is 1. The number of hydrogen-bond donors (Lipinski definition) is 0. The van der Waals surface area contributed by atoms with Crippen molar-refractivity contribution in [3.8, 4) is 0 Å². The molecule has 132 valence electrons. The molecule has 6 heteroatoms. The molecule has 1 aromatic rings. The third kappa shape index (κ3) is 4.09. The van der Waals surface area contributed by atoms with E-state index >= 15 is 0 Å². The van der Waals surface area contributed by atoms with Gasteiger partial charge in [0.2, 0.25) is 0 Å². The van der Waals surface area contributed by atoms with Crippen LogP contribution in [0.15, 0.2) is 24.3 Å². The summed E-state index contributed by atoms with van der Waals surface area (Å²) in [5, 5.41) is 0. The number of rotatable bonds is 5. The fourth-order valence-corrected chi connectivity index (χ4v) is 3.30. The summed E-state index contributed by atoms with van der Waals surface area (Å²) in [5.74, 6) is 0. The lowest BCUT2D eigenvalue weighted by molar-refractivity contribution is -0.00942. The van der Waals surface area contributed by atoms with Crippen molar-refractivity contribution in [3.63, 3.8) is 0 Å². The number of carbonyl (C=O) groups is 1. The Bertz CT molecular complexity index is 598. The van der Waals surface area contributed by atoms with Gasteiger partial charge in [-0.1, -0.05) is 24.3 Å². The van der Waals surface area contributed by atoms with Gasteiger partial charge in [0.1, 0.15) is 0 Å². The number of amides is 1. The number of ether oxygens (including phenoxy) is 2. The number of carbonyl (C=O) groups excluding carboxylic acids is 1. The van der Waals surface area contributed by atoms with Gasteiger partial charge in [-0.05, 0) is 35.6 Å². The van der Waals surface area contributed by atoms with E-state index in [0.717, 1.165) is 32.5 Å². The molecule has 0 atom stereocenters. The van der Waals surface area contributed by atoms with Crippen molar-refractivity contribution in [2.24, 2.45) is 0 Å². The maximum Gasteiger partial charge on any atom is 0.411 e. The minimum atomic E-state index is -0.305. The molecule has 3 rings (SSSR count). The summed E-state index contributed by atoms with van der Waals surface area (Å²) in [6.07, 6.45) is 3.93. The largest absolute Gasteiger partial charge is 0.422 e. The number of fused-ring (bicyclic) bond motifs is 1. The van der Waals surface area contributed by atoms with Crippen molar-refractivity contribution in [3.05, 3.63) is 35.4 Å². The molecular formula is C18H25ClN2O3. The Balaban J connectivity index is 0.00000208. The van der Waals surface area contributed by atoms with Gasteiger partial charge in [-0.3, -0.25) is 4.90 Å². The summed E-state index contributed by atoms with van der Waals surface area (Å²) >= 11 is 0. The molecule has 5 nitrogen and oxygen atoms in total. The van der Waals surface area contributed by atoms with Gasteiger partial charge in [-0.2, -0.15) is 0 Å². The van der Waals surface area contributed by atoms with Crippen LogP contribution < -0.4 is 0 Å². The number of benzene rings is 1. The Hall–Kier alpha value is -1.56. The van der Waals surface area contributed by atoms with E-state index in [9.17, 15) is 4.79 Å². The molecule has 0 aromatic heterocycles. The van der Waals surface area contributed by atoms with Crippen LogP contribution in [0.25, 0.3) is 11.6 Å². The quantitative estimate of drug-likeness (QED) is 0.764. The van der Waals surface area contributed by atoms with Crippen LogP contribution in [0, 0.1) is 0 Å². The van der Waals surface area contributed by atoms with Crippen LogP contribution >= 0.6 is 12.4 Å². The van der Waals surface area contributed by atoms with Gasteiger partial charge in [-0.15, -0.1) is 12.4 Å². The summed E-state index contributed by atoms with van der Waals surface area (Å²) < 4.78 is 9.78. The van der Waals surface area contributed by atoms with E-state index in [1.807, 2.05) is 7.05 Å². The molecule has 0 unspecified atom stereocenters. The van der Waals surface area contributed by atoms with Gasteiger partial charge >= 0.3 is 6.09 Å². The maximum absolute atomic E-state index is 11.9. The van der Waals surface area contributed by atoms with E-state index in [1.54, 1.807) is 4.90 Å². The molecule has 0 bridgehead atoms. The zero-order valence-corrected chi connectivity index (χ0v) is 15.1. The summed E-state index contributed by atoms with van der Waals surface area (Å²) in [6.45, 7) is 3.02. The van der Waals surface area contributed by atoms with Crippen molar-refractivity contribution in [1.82, 2.24) is 9.80 Å². The van der Waals surface area contributed by atoms with Gasteiger partial charge in [0.15, 0.2) is 6.79 Å². The number of hydrogen-bond acceptors (Lipinski definition) is 4. The van der Waals surface area contributed by atoms with Gasteiger partial charge in [-0.25, -0.2) is 4.79 Å². The van der Waals surface area contributed by atoms with Crippen molar-refractivity contribution in [2.75, 3.05) is 40.6 Å². The molecule has 1 heterocycles. The highest BCUT2D eigenvalue weighted by molar-refractivity contribution is 5.96. The van der Waals surface area contributed by atoms with Gasteiger partial charge < -0.3 is 14.4 Å². The first kappa shape index (κ1) is 18.8. The minimum Gasteiger partial charge on any atom is -0.422 e. The van der Waals surface area contributed by atoms with E-state index in [4.69, 9.17) is 9.47 Å². The maximum atomic E-state index is 11.9. The third-order valence-electron chi connectivity index (χ3n) is 4.72. The second-order valence-electron chi connectivity index (χ2n) is 6.19. The molecule has 0 radical (unpaired) electrons. The first-order chi connectivity index (χ1) is 11.2. The molecule has 0 N–H and O–H groups in total. The molecule has 0 saturated carbocycles. The molecule has 1 aromatic carbocycles. The first-order valence-corrected chi connectivity index (χ1v) is 8.10. The molecular weight excluding hydrogens is 328 g/mol. The predicted molar refractivity (Wildman–Crippen MR) is 97.1 cm³/mol. The van der Waals surface area contributed by atoms with Crippen molar-refractivity contribution < 1.29 is 14.3 Å². The average Bonchev–Trinajstić information content (AvgIpc) is 2.57. The van der Waals surface area contributed by atoms with Crippen LogP contribution in [-0.4, -0.2) is 62.5 Å². The Morgan fingerprint density at radius 2 is 2.00 bits per heavy atom. The highest BCUT2D eigenvalue weighted by Gasteiger charge is 2.27. The normalized spacial score (nSPS) is 17.2. The molecule has 2 aliphatic rings. The summed E-state index contributed by atoms with van der Waals surface area (Å²) in [6, 6.07) is 8.77. The van der Waals surface area contributed by atoms with E-state index in [2.05, 4.69) is 35.2 Å². The SMILES string of the molecule is COCOC(=O)N(C)C1CCN(CC2=Cc3ccccc32)CC1.Cl. The number of piperidine rings is 1. The van der Waals surface area contributed by atoms with Crippen LogP contribution in [0.2, 0.25) is 0 Å². The van der Waals surface area contributed by atoms with Crippen LogP contribution in [-0.2, 0) is 9.47 Å². The fraction of sp³-hybridized carbons (Fsp3) is 0.500. The van der Waals surface area contributed by atoms with Gasteiger partial charge in [0.25, 0.3) is 0 Å². The van der Waals surface area contributed by atoms with E-state index in [1.165, 1.54) is 23.8 Å². The highest BCUT2D eigenvalue weighted by Crippen LogP contribution is 2.33. The van der Waals surface area contributed by atoms with Crippen LogP contribution in [0.5, 0.6) is 0 Å². The smallest absolute Gasteiger partial charge is 0.411 e. The van der Waals surface area contributed by atoms with Crippen LogP contribution in [0.4, 0.5) is 4.79 Å². The van der Waals surface area contributed by atoms with E-state index < -0.39 is 0 Å². The Morgan fingerprint density at radius 3 is 2.67 bits per heavy atom. The molecule has 1 fully saturated rings. The molecule has 1 amide bonds. The Labute approximate surface area is 149 Å². The van der Waals surface area contributed by atoms with Gasteiger partial charge in [0, 0.05) is 39.8 Å². The van der Waals surface area contributed by atoms with Crippen molar-refractivity contribution in [2.45, 2.75) is 18.9 Å². The molecule has 1 aliphatic carbocycles. The van der Waals surface area contributed by atoms with Crippen molar-refractivity contribution >= 4 is 30.1 Å². The number of halogens is 1. The average molecular weight is 353 g/mol. The number of methoxy groups -OCH3 is 1. The monoisotopic (exact) mass is 352 g/mol. The lowest BCUT2D eigenvalue weighted by Crippen LogP contribution is -2.46.